The molecule has 1 aliphatic rings. The van der Waals surface area contributed by atoms with E-state index in [9.17, 15) is 14.4 Å². The van der Waals surface area contributed by atoms with Crippen molar-refractivity contribution >= 4 is 18.0 Å². The summed E-state index contributed by atoms with van der Waals surface area (Å²) in [6.45, 7) is 7.18. The van der Waals surface area contributed by atoms with Gasteiger partial charge in [0.25, 0.3) is 0 Å². The number of piperazine rings is 1. The number of carbonyl (C=O) groups is 3. The quantitative estimate of drug-likeness (QED) is 0.744. The fourth-order valence-electron chi connectivity index (χ4n) is 3.25. The van der Waals surface area contributed by atoms with Crippen molar-refractivity contribution in [1.29, 1.82) is 0 Å². The molecule has 1 aliphatic heterocycles. The van der Waals surface area contributed by atoms with Gasteiger partial charge in [0, 0.05) is 38.3 Å². The standard InChI is InChI=1S/C19H27N3O5/c1-14(23)22-11-10-21(17(25)27-18(2,3)4)13-19(22,16(24)26-5)12-15-8-6-7-9-20-15/h6-9H,10-13H2,1-5H3. The van der Waals surface area contributed by atoms with E-state index in [1.54, 1.807) is 45.2 Å². The lowest BCUT2D eigenvalue weighted by atomic mass is 9.87. The molecule has 1 aromatic rings. The van der Waals surface area contributed by atoms with Crippen molar-refractivity contribution in [3.8, 4) is 0 Å². The molecule has 0 aromatic carbocycles. The van der Waals surface area contributed by atoms with Gasteiger partial charge in [-0.25, -0.2) is 9.59 Å². The van der Waals surface area contributed by atoms with Crippen molar-refractivity contribution in [3.63, 3.8) is 0 Å². The van der Waals surface area contributed by atoms with Crippen LogP contribution < -0.4 is 0 Å². The van der Waals surface area contributed by atoms with E-state index in [2.05, 4.69) is 4.98 Å². The van der Waals surface area contributed by atoms with Gasteiger partial charge in [0.15, 0.2) is 5.54 Å². The summed E-state index contributed by atoms with van der Waals surface area (Å²) in [4.78, 5) is 44.9. The molecule has 27 heavy (non-hydrogen) atoms. The molecule has 2 rings (SSSR count). The zero-order chi connectivity index (χ0) is 20.2. The number of methoxy groups -OCH3 is 1. The van der Waals surface area contributed by atoms with E-state index in [1.807, 2.05) is 0 Å². The first-order valence-electron chi connectivity index (χ1n) is 8.83. The van der Waals surface area contributed by atoms with E-state index in [1.165, 1.54) is 23.8 Å². The Kier molecular flexibility index (Phi) is 6.08. The van der Waals surface area contributed by atoms with E-state index < -0.39 is 23.2 Å². The van der Waals surface area contributed by atoms with Crippen LogP contribution in [0.25, 0.3) is 0 Å². The first-order valence-corrected chi connectivity index (χ1v) is 8.83. The number of pyridine rings is 1. The third-order valence-corrected chi connectivity index (χ3v) is 4.36. The molecule has 2 amide bonds. The summed E-state index contributed by atoms with van der Waals surface area (Å²) < 4.78 is 10.5. The predicted molar refractivity (Wildman–Crippen MR) is 97.9 cm³/mol. The molecule has 0 saturated carbocycles. The number of hydrogen-bond acceptors (Lipinski definition) is 6. The Bertz CT molecular complexity index is 701. The fraction of sp³-hybridized carbons (Fsp3) is 0.579. The van der Waals surface area contributed by atoms with E-state index in [-0.39, 0.29) is 32.0 Å². The van der Waals surface area contributed by atoms with Gasteiger partial charge in [-0.2, -0.15) is 0 Å². The van der Waals surface area contributed by atoms with Gasteiger partial charge in [-0.3, -0.25) is 9.78 Å². The van der Waals surface area contributed by atoms with Gasteiger partial charge in [-0.05, 0) is 32.9 Å². The van der Waals surface area contributed by atoms with Crippen LogP contribution in [0.2, 0.25) is 0 Å². The summed E-state index contributed by atoms with van der Waals surface area (Å²) in [5, 5.41) is 0. The number of carbonyl (C=O) groups excluding carboxylic acids is 3. The van der Waals surface area contributed by atoms with Crippen LogP contribution in [0.5, 0.6) is 0 Å². The van der Waals surface area contributed by atoms with E-state index in [4.69, 9.17) is 9.47 Å². The molecule has 2 heterocycles. The summed E-state index contributed by atoms with van der Waals surface area (Å²) in [5.74, 6) is -0.850. The van der Waals surface area contributed by atoms with Gasteiger partial charge in [0.2, 0.25) is 5.91 Å². The van der Waals surface area contributed by atoms with Crippen LogP contribution >= 0.6 is 0 Å². The van der Waals surface area contributed by atoms with Crippen molar-refractivity contribution in [1.82, 2.24) is 14.8 Å². The van der Waals surface area contributed by atoms with Gasteiger partial charge >= 0.3 is 12.1 Å². The lowest BCUT2D eigenvalue weighted by molar-refractivity contribution is -0.166. The SMILES string of the molecule is COC(=O)C1(Cc2ccccn2)CN(C(=O)OC(C)(C)C)CCN1C(C)=O. The maximum atomic E-state index is 12.8. The van der Waals surface area contributed by atoms with Crippen LogP contribution in [-0.4, -0.2) is 70.6 Å². The smallest absolute Gasteiger partial charge is 0.410 e. The summed E-state index contributed by atoms with van der Waals surface area (Å²) >= 11 is 0. The number of ether oxygens (including phenoxy) is 2. The normalized spacial score (nSPS) is 20.2. The molecule has 8 nitrogen and oxygen atoms in total. The summed E-state index contributed by atoms with van der Waals surface area (Å²) in [5.41, 5.74) is -1.39. The number of aromatic nitrogens is 1. The highest BCUT2D eigenvalue weighted by molar-refractivity contribution is 5.89. The van der Waals surface area contributed by atoms with Gasteiger partial charge in [-0.1, -0.05) is 6.07 Å². The molecule has 1 fully saturated rings. The molecule has 148 valence electrons. The van der Waals surface area contributed by atoms with Crippen LogP contribution in [0.1, 0.15) is 33.4 Å². The molecule has 1 atom stereocenters. The average Bonchev–Trinajstić information content (AvgIpc) is 2.60. The van der Waals surface area contributed by atoms with Crippen LogP contribution in [0.15, 0.2) is 24.4 Å². The highest BCUT2D eigenvalue weighted by Gasteiger charge is 2.52. The lowest BCUT2D eigenvalue weighted by Crippen LogP contribution is -2.69. The van der Waals surface area contributed by atoms with Crippen molar-refractivity contribution < 1.29 is 23.9 Å². The molecule has 1 aromatic heterocycles. The maximum Gasteiger partial charge on any atom is 0.410 e. The van der Waals surface area contributed by atoms with Crippen LogP contribution in [0, 0.1) is 0 Å². The molecule has 0 bridgehead atoms. The van der Waals surface area contributed by atoms with Crippen LogP contribution in [0.3, 0.4) is 0 Å². The molecule has 0 N–H and O–H groups in total. The molecular formula is C19H27N3O5. The van der Waals surface area contributed by atoms with E-state index >= 15 is 0 Å². The predicted octanol–water partition coefficient (Wildman–Crippen LogP) is 1.64. The molecule has 0 radical (unpaired) electrons. The molecule has 0 spiro atoms. The van der Waals surface area contributed by atoms with E-state index in [0.29, 0.717) is 5.69 Å². The highest BCUT2D eigenvalue weighted by Crippen LogP contribution is 2.28. The summed E-state index contributed by atoms with van der Waals surface area (Å²) in [7, 11) is 1.27. The molecule has 1 saturated heterocycles. The minimum Gasteiger partial charge on any atom is -0.467 e. The molecule has 1 unspecified atom stereocenters. The Labute approximate surface area is 159 Å². The van der Waals surface area contributed by atoms with Crippen molar-refractivity contribution in [2.24, 2.45) is 0 Å². The number of nitrogens with zero attached hydrogens (tertiary/aromatic N) is 3. The first kappa shape index (κ1) is 20.7. The zero-order valence-corrected chi connectivity index (χ0v) is 16.5. The van der Waals surface area contributed by atoms with Crippen molar-refractivity contribution in [3.05, 3.63) is 30.1 Å². The molecular weight excluding hydrogens is 350 g/mol. The monoisotopic (exact) mass is 377 g/mol. The van der Waals surface area contributed by atoms with E-state index in [0.717, 1.165) is 0 Å². The lowest BCUT2D eigenvalue weighted by Gasteiger charge is -2.48. The highest BCUT2D eigenvalue weighted by atomic mass is 16.6. The second-order valence-corrected chi connectivity index (χ2v) is 7.59. The topological polar surface area (TPSA) is 89.0 Å². The Morgan fingerprint density at radius 2 is 1.93 bits per heavy atom. The van der Waals surface area contributed by atoms with Gasteiger partial charge in [-0.15, -0.1) is 0 Å². The molecule has 0 aliphatic carbocycles. The Hall–Kier alpha value is -2.64. The average molecular weight is 377 g/mol. The minimum absolute atomic E-state index is 0.0231. The Balaban J connectivity index is 2.41. The summed E-state index contributed by atoms with van der Waals surface area (Å²) in [6.07, 6.45) is 1.23. The molecule has 8 heteroatoms. The fourth-order valence-corrected chi connectivity index (χ4v) is 3.25. The second kappa shape index (κ2) is 7.94. The largest absolute Gasteiger partial charge is 0.467 e. The van der Waals surface area contributed by atoms with Crippen molar-refractivity contribution in [2.75, 3.05) is 26.7 Å². The van der Waals surface area contributed by atoms with Crippen molar-refractivity contribution in [2.45, 2.75) is 45.3 Å². The Morgan fingerprint density at radius 1 is 1.22 bits per heavy atom. The Morgan fingerprint density at radius 3 is 2.44 bits per heavy atom. The maximum absolute atomic E-state index is 12.8. The minimum atomic E-state index is -1.36. The van der Waals surface area contributed by atoms with Crippen LogP contribution in [0.4, 0.5) is 4.79 Å². The van der Waals surface area contributed by atoms with Gasteiger partial charge in [0.1, 0.15) is 5.60 Å². The number of esters is 1. The number of amides is 2. The third-order valence-electron chi connectivity index (χ3n) is 4.36. The first-order chi connectivity index (χ1) is 12.6. The summed E-state index contributed by atoms with van der Waals surface area (Å²) in [6, 6.07) is 5.35. The third kappa shape index (κ3) is 4.75. The zero-order valence-electron chi connectivity index (χ0n) is 16.5. The van der Waals surface area contributed by atoms with Gasteiger partial charge in [0.05, 0.1) is 13.7 Å². The number of hydrogen-bond donors (Lipinski definition) is 0. The van der Waals surface area contributed by atoms with Crippen LogP contribution in [-0.2, 0) is 25.5 Å². The second-order valence-electron chi connectivity index (χ2n) is 7.59. The number of rotatable bonds is 3. The van der Waals surface area contributed by atoms with Gasteiger partial charge < -0.3 is 19.3 Å².